The minimum Gasteiger partial charge on any atom is -0.294 e. The van der Waals surface area contributed by atoms with Crippen LogP contribution in [0.15, 0.2) is 47.4 Å². The number of sulfonamides is 1. The number of nitrogens with zero attached hydrogens (tertiary/aromatic N) is 3. The molecule has 0 saturated carbocycles. The maximum absolute atomic E-state index is 13.1. The predicted molar refractivity (Wildman–Crippen MR) is 108 cm³/mol. The van der Waals surface area contributed by atoms with E-state index in [1.54, 1.807) is 18.2 Å². The normalized spacial score (nSPS) is 17.4. The minimum atomic E-state index is -3.53. The van der Waals surface area contributed by atoms with Gasteiger partial charge in [-0.15, -0.1) is 0 Å². The van der Waals surface area contributed by atoms with Gasteiger partial charge in [0.1, 0.15) is 0 Å². The van der Waals surface area contributed by atoms with Crippen molar-refractivity contribution in [2.45, 2.75) is 31.7 Å². The van der Waals surface area contributed by atoms with Gasteiger partial charge in [0.05, 0.1) is 9.82 Å². The molecule has 1 aliphatic heterocycles. The fourth-order valence-corrected chi connectivity index (χ4v) is 5.30. The van der Waals surface area contributed by atoms with Crippen molar-refractivity contribution in [2.24, 2.45) is 0 Å². The first-order valence-electron chi connectivity index (χ1n) is 9.26. The number of hydrogen-bond acceptors (Lipinski definition) is 5. The Kier molecular flexibility index (Phi) is 5.83. The minimum absolute atomic E-state index is 0.0227. The smallest absolute Gasteiger partial charge is 0.269 e. The second kappa shape index (κ2) is 7.98. The molecular weight excluding hydrogens is 378 g/mol. The average molecular weight is 404 g/mol. The zero-order chi connectivity index (χ0) is 20.5. The molecule has 1 heterocycles. The standard InChI is InChI=1S/C20H25N3O4S/c1-15-7-8-16(2)20(13-15)28(26,27)22-11-9-21(10-12-22)17(3)18-5-4-6-19(14-18)23(24)25/h4-8,13-14,17H,9-12H2,1-3H3. The van der Waals surface area contributed by atoms with Crippen LogP contribution in [0.3, 0.4) is 0 Å². The van der Waals surface area contributed by atoms with Crippen LogP contribution in [0.5, 0.6) is 0 Å². The molecule has 0 bridgehead atoms. The summed E-state index contributed by atoms with van der Waals surface area (Å²) in [7, 11) is -3.53. The predicted octanol–water partition coefficient (Wildman–Crippen LogP) is 3.28. The summed E-state index contributed by atoms with van der Waals surface area (Å²) in [5.74, 6) is 0. The van der Waals surface area contributed by atoms with Crippen LogP contribution in [0.4, 0.5) is 5.69 Å². The molecule has 7 nitrogen and oxygen atoms in total. The third-order valence-electron chi connectivity index (χ3n) is 5.35. The SMILES string of the molecule is Cc1ccc(C)c(S(=O)(=O)N2CCN(C(C)c3cccc([N+](=O)[O-])c3)CC2)c1. The number of hydrogen-bond donors (Lipinski definition) is 0. The van der Waals surface area contributed by atoms with Crippen molar-refractivity contribution in [3.05, 3.63) is 69.3 Å². The van der Waals surface area contributed by atoms with E-state index >= 15 is 0 Å². The van der Waals surface area contributed by atoms with Crippen molar-refractivity contribution in [3.63, 3.8) is 0 Å². The molecule has 1 unspecified atom stereocenters. The van der Waals surface area contributed by atoms with E-state index in [2.05, 4.69) is 4.90 Å². The van der Waals surface area contributed by atoms with Crippen molar-refractivity contribution in [2.75, 3.05) is 26.2 Å². The van der Waals surface area contributed by atoms with Gasteiger partial charge in [-0.25, -0.2) is 8.42 Å². The third-order valence-corrected chi connectivity index (χ3v) is 7.39. The van der Waals surface area contributed by atoms with E-state index in [0.717, 1.165) is 16.7 Å². The topological polar surface area (TPSA) is 83.8 Å². The van der Waals surface area contributed by atoms with E-state index in [-0.39, 0.29) is 11.7 Å². The highest BCUT2D eigenvalue weighted by molar-refractivity contribution is 7.89. The Morgan fingerprint density at radius 2 is 1.71 bits per heavy atom. The van der Waals surface area contributed by atoms with Crippen LogP contribution in [0.2, 0.25) is 0 Å². The fraction of sp³-hybridized carbons (Fsp3) is 0.400. The van der Waals surface area contributed by atoms with Crippen LogP contribution in [0.1, 0.15) is 29.7 Å². The largest absolute Gasteiger partial charge is 0.294 e. The summed E-state index contributed by atoms with van der Waals surface area (Å²) < 4.78 is 27.7. The lowest BCUT2D eigenvalue weighted by Gasteiger charge is -2.37. The van der Waals surface area contributed by atoms with Crippen LogP contribution >= 0.6 is 0 Å². The van der Waals surface area contributed by atoms with E-state index in [0.29, 0.717) is 31.1 Å². The van der Waals surface area contributed by atoms with E-state index < -0.39 is 14.9 Å². The molecule has 2 aromatic rings. The molecule has 0 N–H and O–H groups in total. The van der Waals surface area contributed by atoms with Gasteiger partial charge in [0.15, 0.2) is 0 Å². The van der Waals surface area contributed by atoms with Gasteiger partial charge in [-0.1, -0.05) is 24.3 Å². The molecule has 0 radical (unpaired) electrons. The zero-order valence-corrected chi connectivity index (χ0v) is 17.1. The molecule has 1 aliphatic rings. The lowest BCUT2D eigenvalue weighted by Crippen LogP contribution is -2.49. The summed E-state index contributed by atoms with van der Waals surface area (Å²) in [4.78, 5) is 13.1. The van der Waals surface area contributed by atoms with Crippen LogP contribution in [0.25, 0.3) is 0 Å². The van der Waals surface area contributed by atoms with Crippen molar-refractivity contribution in [1.82, 2.24) is 9.21 Å². The molecular formula is C20H25N3O4S. The van der Waals surface area contributed by atoms with Crippen LogP contribution in [-0.2, 0) is 10.0 Å². The monoisotopic (exact) mass is 403 g/mol. The molecule has 3 rings (SSSR count). The van der Waals surface area contributed by atoms with Gasteiger partial charge in [-0.3, -0.25) is 15.0 Å². The first-order valence-corrected chi connectivity index (χ1v) is 10.7. The van der Waals surface area contributed by atoms with E-state index in [1.807, 2.05) is 39.0 Å². The molecule has 0 aliphatic carbocycles. The first-order chi connectivity index (χ1) is 13.2. The van der Waals surface area contributed by atoms with Crippen molar-refractivity contribution < 1.29 is 13.3 Å². The summed E-state index contributed by atoms with van der Waals surface area (Å²) in [6, 6.07) is 12.1. The second-order valence-corrected chi connectivity index (χ2v) is 9.14. The van der Waals surface area contributed by atoms with Gasteiger partial charge < -0.3 is 0 Å². The van der Waals surface area contributed by atoms with Gasteiger partial charge >= 0.3 is 0 Å². The van der Waals surface area contributed by atoms with Crippen molar-refractivity contribution >= 4 is 15.7 Å². The van der Waals surface area contributed by atoms with Gasteiger partial charge in [-0.2, -0.15) is 4.31 Å². The maximum atomic E-state index is 13.1. The highest BCUT2D eigenvalue weighted by Gasteiger charge is 2.31. The summed E-state index contributed by atoms with van der Waals surface area (Å²) in [5, 5.41) is 11.0. The van der Waals surface area contributed by atoms with E-state index in [1.165, 1.54) is 10.4 Å². The number of rotatable bonds is 5. The average Bonchev–Trinajstić information content (AvgIpc) is 2.69. The van der Waals surface area contributed by atoms with E-state index in [9.17, 15) is 18.5 Å². The number of benzene rings is 2. The molecule has 2 aromatic carbocycles. The Morgan fingerprint density at radius 1 is 1.04 bits per heavy atom. The van der Waals surface area contributed by atoms with Crippen LogP contribution in [-0.4, -0.2) is 48.7 Å². The molecule has 0 aromatic heterocycles. The number of nitro groups is 1. The van der Waals surface area contributed by atoms with Crippen molar-refractivity contribution in [3.8, 4) is 0 Å². The summed E-state index contributed by atoms with van der Waals surface area (Å²) in [6.45, 7) is 7.64. The second-order valence-electron chi connectivity index (χ2n) is 7.24. The van der Waals surface area contributed by atoms with Crippen LogP contribution < -0.4 is 0 Å². The Bertz CT molecular complexity index is 983. The highest BCUT2D eigenvalue weighted by atomic mass is 32.2. The quantitative estimate of drug-likeness (QED) is 0.565. The van der Waals surface area contributed by atoms with Gasteiger partial charge in [0.2, 0.25) is 10.0 Å². The third kappa shape index (κ3) is 4.09. The van der Waals surface area contributed by atoms with Gasteiger partial charge in [0.25, 0.3) is 5.69 Å². The van der Waals surface area contributed by atoms with Gasteiger partial charge in [0, 0.05) is 44.4 Å². The molecule has 1 fully saturated rings. The van der Waals surface area contributed by atoms with E-state index in [4.69, 9.17) is 0 Å². The number of non-ortho nitro benzene ring substituents is 1. The molecule has 8 heteroatoms. The molecule has 1 saturated heterocycles. The lowest BCUT2D eigenvalue weighted by molar-refractivity contribution is -0.385. The fourth-order valence-electron chi connectivity index (χ4n) is 3.56. The Morgan fingerprint density at radius 3 is 2.36 bits per heavy atom. The molecule has 150 valence electrons. The zero-order valence-electron chi connectivity index (χ0n) is 16.3. The van der Waals surface area contributed by atoms with Crippen molar-refractivity contribution in [1.29, 1.82) is 0 Å². The molecule has 28 heavy (non-hydrogen) atoms. The number of nitro benzene ring substituents is 1. The molecule has 0 spiro atoms. The maximum Gasteiger partial charge on any atom is 0.269 e. The highest BCUT2D eigenvalue weighted by Crippen LogP contribution is 2.27. The number of piperazine rings is 1. The lowest BCUT2D eigenvalue weighted by atomic mass is 10.1. The van der Waals surface area contributed by atoms with Crippen LogP contribution in [0, 0.1) is 24.0 Å². The number of aryl methyl sites for hydroxylation is 2. The summed E-state index contributed by atoms with van der Waals surface area (Å²) in [6.07, 6.45) is 0. The Labute approximate surface area is 165 Å². The molecule has 1 atom stereocenters. The summed E-state index contributed by atoms with van der Waals surface area (Å²) >= 11 is 0. The molecule has 0 amide bonds. The Hall–Kier alpha value is -2.29. The van der Waals surface area contributed by atoms with Gasteiger partial charge in [-0.05, 0) is 43.5 Å². The summed E-state index contributed by atoms with van der Waals surface area (Å²) in [5.41, 5.74) is 2.60. The first kappa shape index (κ1) is 20.4. The Balaban J connectivity index is 1.73.